The van der Waals surface area contributed by atoms with Gasteiger partial charge in [-0.1, -0.05) is 15.9 Å². The molecule has 0 saturated carbocycles. The topological polar surface area (TPSA) is 102 Å². The molecule has 2 amide bonds. The lowest BCUT2D eigenvalue weighted by Gasteiger charge is -2.34. The van der Waals surface area contributed by atoms with Crippen LogP contribution in [0.25, 0.3) is 5.82 Å². The molecule has 1 aliphatic rings. The fourth-order valence-corrected chi connectivity index (χ4v) is 4.88. The molecule has 1 aliphatic heterocycles. The number of fused-ring (bicyclic) bond motifs is 1. The Labute approximate surface area is 216 Å². The number of amides is 2. The Bertz CT molecular complexity index is 1450. The monoisotopic (exact) mass is 584 g/mol. The van der Waals surface area contributed by atoms with Crippen LogP contribution in [-0.4, -0.2) is 48.9 Å². The van der Waals surface area contributed by atoms with Gasteiger partial charge in [0.2, 0.25) is 0 Å². The lowest BCUT2D eigenvalue weighted by Crippen LogP contribution is -2.46. The second-order valence-electron chi connectivity index (χ2n) is 8.23. The van der Waals surface area contributed by atoms with Crippen molar-refractivity contribution in [3.8, 4) is 5.82 Å². The SMILES string of the molecule is CNC(=O)c1ncc(-n2c(S)nc3c(c2=O)C[C@@H](C)N(C(=O)c2ccc(Br)c(C(F)(F)F)c2)C3)n1C. The van der Waals surface area contributed by atoms with E-state index in [-0.39, 0.29) is 39.8 Å². The van der Waals surface area contributed by atoms with Crippen molar-refractivity contribution >= 4 is 40.4 Å². The van der Waals surface area contributed by atoms with Crippen molar-refractivity contribution in [2.24, 2.45) is 7.05 Å². The number of thiol groups is 1. The maximum atomic E-state index is 13.4. The van der Waals surface area contributed by atoms with Crippen LogP contribution in [0.2, 0.25) is 0 Å². The van der Waals surface area contributed by atoms with Gasteiger partial charge in [0, 0.05) is 35.7 Å². The van der Waals surface area contributed by atoms with E-state index in [0.29, 0.717) is 11.3 Å². The highest BCUT2D eigenvalue weighted by Crippen LogP contribution is 2.36. The largest absolute Gasteiger partial charge is 0.417 e. The fourth-order valence-electron chi connectivity index (χ4n) is 4.10. The van der Waals surface area contributed by atoms with Gasteiger partial charge in [0.15, 0.2) is 11.0 Å². The molecule has 0 saturated heterocycles. The van der Waals surface area contributed by atoms with Crippen molar-refractivity contribution in [1.29, 1.82) is 0 Å². The predicted octanol–water partition coefficient (Wildman–Crippen LogP) is 2.98. The van der Waals surface area contributed by atoms with Crippen molar-refractivity contribution in [3.63, 3.8) is 0 Å². The third-order valence-corrected chi connectivity index (χ3v) is 6.99. The van der Waals surface area contributed by atoms with Crippen molar-refractivity contribution in [1.82, 2.24) is 29.3 Å². The smallest absolute Gasteiger partial charge is 0.352 e. The van der Waals surface area contributed by atoms with Gasteiger partial charge in [0.1, 0.15) is 5.82 Å². The summed E-state index contributed by atoms with van der Waals surface area (Å²) >= 11 is 7.23. The minimum atomic E-state index is -4.63. The molecule has 36 heavy (non-hydrogen) atoms. The first-order chi connectivity index (χ1) is 16.8. The molecule has 2 aromatic heterocycles. The molecule has 0 spiro atoms. The van der Waals surface area contributed by atoms with Gasteiger partial charge in [-0.3, -0.25) is 14.4 Å². The fraction of sp³-hybridized carbons (Fsp3) is 0.318. The van der Waals surface area contributed by atoms with Crippen molar-refractivity contribution in [2.75, 3.05) is 7.05 Å². The number of halogens is 4. The normalized spacial score (nSPS) is 15.6. The Morgan fingerprint density at radius 3 is 2.61 bits per heavy atom. The quantitative estimate of drug-likeness (QED) is 0.364. The van der Waals surface area contributed by atoms with E-state index in [1.54, 1.807) is 14.0 Å². The van der Waals surface area contributed by atoms with Crippen LogP contribution in [0, 0.1) is 0 Å². The van der Waals surface area contributed by atoms with Crippen molar-refractivity contribution in [3.05, 3.63) is 67.4 Å². The summed E-state index contributed by atoms with van der Waals surface area (Å²) in [6.45, 7) is 1.63. The number of carbonyl (C=O) groups is 2. The molecule has 0 bridgehead atoms. The van der Waals surface area contributed by atoms with Crippen molar-refractivity contribution in [2.45, 2.75) is 37.3 Å². The van der Waals surface area contributed by atoms with Gasteiger partial charge in [-0.15, -0.1) is 12.6 Å². The van der Waals surface area contributed by atoms with Crippen LogP contribution in [0.4, 0.5) is 13.2 Å². The average molecular weight is 585 g/mol. The summed E-state index contributed by atoms with van der Waals surface area (Å²) in [4.78, 5) is 48.5. The summed E-state index contributed by atoms with van der Waals surface area (Å²) in [5.41, 5.74) is -0.868. The molecule has 3 heterocycles. The Morgan fingerprint density at radius 2 is 1.97 bits per heavy atom. The predicted molar refractivity (Wildman–Crippen MR) is 129 cm³/mol. The van der Waals surface area contributed by atoms with Crippen LogP contribution in [0.15, 0.2) is 38.8 Å². The van der Waals surface area contributed by atoms with E-state index in [2.05, 4.69) is 43.8 Å². The van der Waals surface area contributed by atoms with Crippen LogP contribution >= 0.6 is 28.6 Å². The van der Waals surface area contributed by atoms with E-state index in [9.17, 15) is 27.6 Å². The molecule has 9 nitrogen and oxygen atoms in total. The molecular weight excluding hydrogens is 565 g/mol. The van der Waals surface area contributed by atoms with E-state index in [1.807, 2.05) is 0 Å². The third-order valence-electron chi connectivity index (χ3n) is 6.00. The summed E-state index contributed by atoms with van der Waals surface area (Å²) in [6.07, 6.45) is -3.15. The number of nitrogens with zero attached hydrogens (tertiary/aromatic N) is 5. The number of nitrogens with one attached hydrogen (secondary N) is 1. The van der Waals surface area contributed by atoms with Gasteiger partial charge >= 0.3 is 6.18 Å². The highest BCUT2D eigenvalue weighted by Gasteiger charge is 2.36. The summed E-state index contributed by atoms with van der Waals surface area (Å²) in [6, 6.07) is 2.80. The van der Waals surface area contributed by atoms with Gasteiger partial charge in [0.05, 0.1) is 24.0 Å². The number of hydrogen-bond donors (Lipinski definition) is 2. The zero-order chi connectivity index (χ0) is 26.5. The average Bonchev–Trinajstić information content (AvgIpc) is 3.19. The van der Waals surface area contributed by atoms with Gasteiger partial charge < -0.3 is 14.8 Å². The van der Waals surface area contributed by atoms with Crippen LogP contribution in [-0.2, 0) is 26.2 Å². The highest BCUT2D eigenvalue weighted by atomic mass is 79.9. The molecule has 14 heteroatoms. The summed E-state index contributed by atoms with van der Waals surface area (Å²) in [7, 11) is 3.03. The molecule has 1 N–H and O–H groups in total. The van der Waals surface area contributed by atoms with Gasteiger partial charge in [-0.05, 0) is 31.5 Å². The summed E-state index contributed by atoms with van der Waals surface area (Å²) in [5.74, 6) is -0.685. The van der Waals surface area contributed by atoms with Gasteiger partial charge in [-0.25, -0.2) is 14.5 Å². The second kappa shape index (κ2) is 9.39. The number of aromatic nitrogens is 4. The zero-order valence-electron chi connectivity index (χ0n) is 19.2. The van der Waals surface area contributed by atoms with Crippen LogP contribution in [0.3, 0.4) is 0 Å². The number of carbonyl (C=O) groups excluding carboxylic acids is 2. The first-order valence-electron chi connectivity index (χ1n) is 10.6. The lowest BCUT2D eigenvalue weighted by atomic mass is 9.98. The Kier molecular flexibility index (Phi) is 6.77. The molecule has 0 fully saturated rings. The molecule has 0 radical (unpaired) electrons. The van der Waals surface area contributed by atoms with Gasteiger partial charge in [0.25, 0.3) is 17.4 Å². The maximum Gasteiger partial charge on any atom is 0.417 e. The summed E-state index contributed by atoms with van der Waals surface area (Å²) < 4.78 is 42.5. The minimum Gasteiger partial charge on any atom is -0.352 e. The van der Waals surface area contributed by atoms with Crippen LogP contribution < -0.4 is 10.9 Å². The van der Waals surface area contributed by atoms with Gasteiger partial charge in [-0.2, -0.15) is 13.2 Å². The van der Waals surface area contributed by atoms with Crippen molar-refractivity contribution < 1.29 is 22.8 Å². The molecule has 4 rings (SSSR count). The number of alkyl halides is 3. The molecule has 0 aliphatic carbocycles. The highest BCUT2D eigenvalue weighted by molar-refractivity contribution is 9.10. The molecule has 1 atom stereocenters. The number of hydrogen-bond acceptors (Lipinski definition) is 6. The minimum absolute atomic E-state index is 0.00941. The molecule has 3 aromatic rings. The Balaban J connectivity index is 1.71. The first kappa shape index (κ1) is 25.9. The number of imidazole rings is 1. The third kappa shape index (κ3) is 4.43. The number of rotatable bonds is 3. The van der Waals surface area contributed by atoms with E-state index >= 15 is 0 Å². The number of benzene rings is 1. The lowest BCUT2D eigenvalue weighted by molar-refractivity contribution is -0.138. The molecule has 1 aromatic carbocycles. The van der Waals surface area contributed by atoms with E-state index < -0.39 is 35.2 Å². The van der Waals surface area contributed by atoms with Crippen LogP contribution in [0.1, 0.15) is 44.7 Å². The maximum absolute atomic E-state index is 13.4. The van der Waals surface area contributed by atoms with E-state index in [4.69, 9.17) is 0 Å². The van der Waals surface area contributed by atoms with E-state index in [0.717, 1.165) is 6.07 Å². The molecular formula is C22H20BrF3N6O3S. The van der Waals surface area contributed by atoms with E-state index in [1.165, 1.54) is 39.4 Å². The van der Waals surface area contributed by atoms with Crippen LogP contribution in [0.5, 0.6) is 0 Å². The molecule has 0 unspecified atom stereocenters. The Hall–Kier alpha value is -3.13. The first-order valence-corrected chi connectivity index (χ1v) is 11.8. The molecule has 190 valence electrons. The Morgan fingerprint density at radius 1 is 1.28 bits per heavy atom. The zero-order valence-corrected chi connectivity index (χ0v) is 21.7. The second-order valence-corrected chi connectivity index (χ2v) is 9.49. The summed E-state index contributed by atoms with van der Waals surface area (Å²) in [5, 5.41) is 2.48. The standard InChI is InChI=1S/C22H20BrF3N6O3S/c1-10-6-12-15(9-31(10)19(34)11-4-5-14(23)13(7-11)22(24,25)26)29-21(36)32(20(12)35)16-8-28-17(30(16)3)18(33)27-2/h4-5,7-8,10H,6,9H2,1-3H3,(H,27,33)(H,29,36)/t10-/m1/s1.